The SMILES string of the molecule is C=CCN1CC#CCN(NC(C)=O)C(=O)N[C@H](Cc2c[nH]c3ccccc23)C(=O)N[C@@H](C)C(=O)N[C@@H](Cc2c[nH]c3ccccc23)C(=O)N[C@H](Cc2ccccc2)C(=O)N[C@H](C(N)=O)CCCC1. The summed E-state index contributed by atoms with van der Waals surface area (Å²) >= 11 is 0. The highest BCUT2D eigenvalue weighted by atomic mass is 16.2. The second kappa shape index (κ2) is 24.0. The minimum Gasteiger partial charge on any atom is -0.368 e. The van der Waals surface area contributed by atoms with Gasteiger partial charge in [0.1, 0.15) is 36.8 Å². The number of H-pyrrole nitrogens is 2. The van der Waals surface area contributed by atoms with Gasteiger partial charge in [-0.2, -0.15) is 0 Å². The van der Waals surface area contributed by atoms with Crippen LogP contribution in [0.25, 0.3) is 21.8 Å². The molecular weight excluding hydrogens is 867 g/mol. The molecule has 0 saturated carbocycles. The van der Waals surface area contributed by atoms with E-state index in [4.69, 9.17) is 5.73 Å². The number of hydrogen-bond donors (Lipinski definition) is 9. The highest BCUT2D eigenvalue weighted by molar-refractivity contribution is 5.97. The van der Waals surface area contributed by atoms with Gasteiger partial charge in [-0.25, -0.2) is 9.80 Å². The van der Waals surface area contributed by atoms with Crippen molar-refractivity contribution in [1.82, 2.24) is 51.9 Å². The van der Waals surface area contributed by atoms with Crippen LogP contribution >= 0.6 is 0 Å². The van der Waals surface area contributed by atoms with Crippen molar-refractivity contribution in [2.45, 2.75) is 82.6 Å². The maximum absolute atomic E-state index is 14.6. The molecule has 356 valence electrons. The predicted molar refractivity (Wildman–Crippen MR) is 258 cm³/mol. The zero-order valence-corrected chi connectivity index (χ0v) is 38.2. The fraction of sp³-hybridized carbons (Fsp3) is 0.340. The first-order valence-electron chi connectivity index (χ1n) is 22.6. The first-order chi connectivity index (χ1) is 32.8. The molecule has 3 aromatic carbocycles. The largest absolute Gasteiger partial charge is 0.368 e. The number of aromatic amines is 2. The van der Waals surface area contributed by atoms with Crippen LogP contribution in [0.4, 0.5) is 4.79 Å². The summed E-state index contributed by atoms with van der Waals surface area (Å²) in [5.41, 5.74) is 12.0. The molecule has 2 aromatic heterocycles. The second-order valence-electron chi connectivity index (χ2n) is 16.8. The van der Waals surface area contributed by atoms with Crippen molar-refractivity contribution in [3.05, 3.63) is 121 Å². The molecule has 0 bridgehead atoms. The van der Waals surface area contributed by atoms with E-state index in [0.29, 0.717) is 37.1 Å². The lowest BCUT2D eigenvalue weighted by atomic mass is 10.0. The number of rotatable bonds is 10. The molecule has 1 aliphatic heterocycles. The van der Waals surface area contributed by atoms with Crippen LogP contribution in [-0.4, -0.2) is 118 Å². The molecule has 5 aromatic rings. The van der Waals surface area contributed by atoms with E-state index in [0.717, 1.165) is 32.4 Å². The van der Waals surface area contributed by atoms with Crippen molar-refractivity contribution in [2.24, 2.45) is 5.73 Å². The Kier molecular flexibility index (Phi) is 17.5. The van der Waals surface area contributed by atoms with Gasteiger partial charge in [0.25, 0.3) is 0 Å². The summed E-state index contributed by atoms with van der Waals surface area (Å²) in [6, 6.07) is 17.0. The van der Waals surface area contributed by atoms with Gasteiger partial charge in [-0.15, -0.1) is 6.58 Å². The maximum atomic E-state index is 14.6. The first kappa shape index (κ1) is 49.5. The third-order valence-corrected chi connectivity index (χ3v) is 11.6. The summed E-state index contributed by atoms with van der Waals surface area (Å²) in [5, 5.41) is 16.4. The van der Waals surface area contributed by atoms with Gasteiger partial charge in [0.2, 0.25) is 35.4 Å². The second-order valence-corrected chi connectivity index (χ2v) is 16.8. The molecule has 68 heavy (non-hydrogen) atoms. The number of urea groups is 1. The van der Waals surface area contributed by atoms with Crippen molar-refractivity contribution in [2.75, 3.05) is 26.2 Å². The Hall–Kier alpha value is -7.91. The smallest absolute Gasteiger partial charge is 0.337 e. The molecule has 0 saturated heterocycles. The van der Waals surface area contributed by atoms with Gasteiger partial charge < -0.3 is 42.3 Å². The molecule has 10 N–H and O–H groups in total. The Morgan fingerprint density at radius 2 is 1.25 bits per heavy atom. The van der Waals surface area contributed by atoms with Crippen molar-refractivity contribution in [3.63, 3.8) is 0 Å². The molecule has 8 amide bonds. The van der Waals surface area contributed by atoms with Gasteiger partial charge in [-0.3, -0.25) is 39.1 Å². The zero-order valence-electron chi connectivity index (χ0n) is 38.2. The highest BCUT2D eigenvalue weighted by Gasteiger charge is 2.33. The number of benzene rings is 3. The van der Waals surface area contributed by atoms with Crippen molar-refractivity contribution in [3.8, 4) is 11.8 Å². The first-order valence-corrected chi connectivity index (χ1v) is 22.6. The number of amides is 8. The number of carbonyl (C=O) groups is 7. The van der Waals surface area contributed by atoms with Gasteiger partial charge in [-0.05, 0) is 61.6 Å². The molecule has 18 nitrogen and oxygen atoms in total. The molecule has 0 radical (unpaired) electrons. The van der Waals surface area contributed by atoms with E-state index in [-0.39, 0.29) is 38.8 Å². The monoisotopic (exact) mass is 925 g/mol. The van der Waals surface area contributed by atoms with Crippen LogP contribution in [0, 0.1) is 11.8 Å². The standard InChI is InChI=1S/C50H59N11O7/c1-4-23-60-24-13-12-22-41(45(51)63)55-48(66)42(27-34-16-6-5-7-17-34)57-49(67)43(28-35-30-52-39-20-10-8-18-37(35)39)56-46(64)32(2)54-47(65)44(29-36-31-53-40-21-11-9-19-38(36)40)58-50(68)61(59-33(3)62)26-15-14-25-60/h4-11,16-21,30-32,41-44,52-53H,1,12-13,22-29H2,2-3H3,(H2,51,63)(H,54,65)(H,55,66)(H,56,64)(H,57,67)(H,58,68)(H,59,62)/t32-,41-,42+,43-,44+/m0/s1. The van der Waals surface area contributed by atoms with Gasteiger partial charge in [-0.1, -0.05) is 84.6 Å². The molecule has 0 unspecified atom stereocenters. The van der Waals surface area contributed by atoms with E-state index in [1.165, 1.54) is 13.8 Å². The third kappa shape index (κ3) is 13.8. The van der Waals surface area contributed by atoms with Crippen LogP contribution in [0.1, 0.15) is 49.8 Å². The summed E-state index contributed by atoms with van der Waals surface area (Å²) in [6.07, 6.45) is 6.49. The van der Waals surface area contributed by atoms with Crippen molar-refractivity contribution < 1.29 is 33.6 Å². The molecule has 0 fully saturated rings. The molecule has 1 aliphatic rings. The van der Waals surface area contributed by atoms with E-state index in [2.05, 4.69) is 60.4 Å². The Balaban J connectivity index is 1.34. The van der Waals surface area contributed by atoms with E-state index in [9.17, 15) is 33.6 Å². The highest BCUT2D eigenvalue weighted by Crippen LogP contribution is 2.21. The Bertz CT molecular complexity index is 2670. The van der Waals surface area contributed by atoms with Crippen LogP contribution in [0.15, 0.2) is 104 Å². The maximum Gasteiger partial charge on any atom is 0.337 e. The number of carbonyl (C=O) groups excluding carboxylic acids is 7. The molecular formula is C50H59N11O7. The van der Waals surface area contributed by atoms with E-state index < -0.39 is 71.7 Å². The lowest BCUT2D eigenvalue weighted by molar-refractivity contribution is -0.134. The summed E-state index contributed by atoms with van der Waals surface area (Å²) in [5.74, 6) is 1.85. The Labute approximate surface area is 394 Å². The number of para-hydroxylation sites is 2. The molecule has 0 aliphatic carbocycles. The van der Waals surface area contributed by atoms with Crippen LogP contribution in [0.3, 0.4) is 0 Å². The third-order valence-electron chi connectivity index (χ3n) is 11.6. The van der Waals surface area contributed by atoms with E-state index in [1.54, 1.807) is 42.7 Å². The lowest BCUT2D eigenvalue weighted by Crippen LogP contribution is -2.60. The number of hydrogen-bond acceptors (Lipinski definition) is 8. The number of fused-ring (bicyclic) bond motifs is 2. The Morgan fingerprint density at radius 3 is 1.87 bits per heavy atom. The molecule has 0 spiro atoms. The van der Waals surface area contributed by atoms with E-state index in [1.807, 2.05) is 59.5 Å². The summed E-state index contributed by atoms with van der Waals surface area (Å²) in [7, 11) is 0. The van der Waals surface area contributed by atoms with Gasteiger partial charge in [0.05, 0.1) is 6.54 Å². The predicted octanol–water partition coefficient (Wildman–Crippen LogP) is 2.23. The molecule has 6 rings (SSSR count). The number of hydrazine groups is 1. The average Bonchev–Trinajstić information content (AvgIpc) is 3.93. The number of nitrogens with zero attached hydrogens (tertiary/aromatic N) is 2. The number of nitrogens with two attached hydrogens (primary N) is 1. The molecule has 3 heterocycles. The van der Waals surface area contributed by atoms with Crippen molar-refractivity contribution >= 4 is 63.3 Å². The minimum atomic E-state index is -1.28. The van der Waals surface area contributed by atoms with Crippen LogP contribution in [0.2, 0.25) is 0 Å². The van der Waals surface area contributed by atoms with Crippen LogP contribution < -0.4 is 37.7 Å². The fourth-order valence-electron chi connectivity index (χ4n) is 8.01. The van der Waals surface area contributed by atoms with Crippen molar-refractivity contribution in [1.29, 1.82) is 0 Å². The Morgan fingerprint density at radius 1 is 0.706 bits per heavy atom. The summed E-state index contributed by atoms with van der Waals surface area (Å²) in [6.45, 7) is 7.57. The molecule has 18 heteroatoms. The van der Waals surface area contributed by atoms with E-state index >= 15 is 0 Å². The number of aromatic nitrogens is 2. The lowest BCUT2D eigenvalue weighted by Gasteiger charge is -2.27. The summed E-state index contributed by atoms with van der Waals surface area (Å²) in [4.78, 5) is 105. The van der Waals surface area contributed by atoms with Gasteiger partial charge in [0, 0.05) is 66.9 Å². The van der Waals surface area contributed by atoms with Gasteiger partial charge >= 0.3 is 6.03 Å². The fourth-order valence-corrected chi connectivity index (χ4v) is 8.01. The van der Waals surface area contributed by atoms with Crippen LogP contribution in [0.5, 0.6) is 0 Å². The zero-order chi connectivity index (χ0) is 48.6. The topological polar surface area (TPSA) is 256 Å². The minimum absolute atomic E-state index is 0.0148. The van der Waals surface area contributed by atoms with Gasteiger partial charge in [0.15, 0.2) is 0 Å². The average molecular weight is 926 g/mol. The number of nitrogens with one attached hydrogen (secondary N) is 8. The number of primary amides is 1. The quantitative estimate of drug-likeness (QED) is 0.0740. The molecule has 5 atom stereocenters. The summed E-state index contributed by atoms with van der Waals surface area (Å²) < 4.78 is 0. The normalized spacial score (nSPS) is 21.1. The van der Waals surface area contributed by atoms with Crippen LogP contribution in [-0.2, 0) is 48.0 Å².